The molecule has 1 aliphatic rings. The molecule has 2 aromatic carbocycles. The monoisotopic (exact) mass is 453 g/mol. The number of amidine groups is 1. The molecular formula is C28H37F2N3. The van der Waals surface area contributed by atoms with Crippen LogP contribution in [0.4, 0.5) is 14.5 Å². The summed E-state index contributed by atoms with van der Waals surface area (Å²) in [5, 5.41) is 3.43. The highest BCUT2D eigenvalue weighted by atomic mass is 19.3. The summed E-state index contributed by atoms with van der Waals surface area (Å²) < 4.78 is 28.2. The minimum absolute atomic E-state index is 0.109. The maximum atomic E-state index is 14.1. The molecule has 0 amide bonds. The van der Waals surface area contributed by atoms with E-state index in [1.54, 1.807) is 6.07 Å². The SMILES string of the molecule is C=C(C)NC1CCN(C(C)=Nc2cc(C(C)C)ccc2CCc2ccccc2C(C)(F)F)C1. The Hall–Kier alpha value is -2.69. The van der Waals surface area contributed by atoms with Crippen LogP contribution in [0.15, 0.2) is 59.7 Å². The standard InChI is InChI=1S/C28H37F2N3/c1-19(2)24-14-13-23(12-11-22-9-7-8-10-26(22)28(6,29)30)27(17-24)32-21(5)33-16-15-25(18-33)31-20(3)4/h7-10,13-14,17,19,25,31H,3,11-12,15-16,18H2,1-2,4-6H3. The number of alkyl halides is 2. The quantitative estimate of drug-likeness (QED) is 0.346. The van der Waals surface area contributed by atoms with Gasteiger partial charge < -0.3 is 10.2 Å². The van der Waals surface area contributed by atoms with Crippen LogP contribution in [0.3, 0.4) is 0 Å². The molecular weight excluding hydrogens is 416 g/mol. The van der Waals surface area contributed by atoms with Crippen molar-refractivity contribution >= 4 is 11.5 Å². The Bertz CT molecular complexity index is 1000. The predicted molar refractivity (Wildman–Crippen MR) is 135 cm³/mol. The lowest BCUT2D eigenvalue weighted by Crippen LogP contribution is -2.33. The van der Waals surface area contributed by atoms with E-state index in [1.165, 1.54) is 11.6 Å². The second-order valence-electron chi connectivity index (χ2n) is 9.60. The Balaban J connectivity index is 1.84. The number of hydrogen-bond acceptors (Lipinski definition) is 2. The molecule has 0 aliphatic carbocycles. The number of rotatable bonds is 8. The van der Waals surface area contributed by atoms with Gasteiger partial charge in [-0.25, -0.2) is 13.8 Å². The molecule has 1 unspecified atom stereocenters. The zero-order valence-corrected chi connectivity index (χ0v) is 20.6. The van der Waals surface area contributed by atoms with Crippen LogP contribution in [0, 0.1) is 0 Å². The van der Waals surface area contributed by atoms with E-state index in [9.17, 15) is 8.78 Å². The summed E-state index contributed by atoms with van der Waals surface area (Å²) in [6.45, 7) is 15.2. The number of aryl methyl sites for hydroxylation is 2. The van der Waals surface area contributed by atoms with E-state index in [1.807, 2.05) is 19.1 Å². The van der Waals surface area contributed by atoms with Crippen LogP contribution >= 0.6 is 0 Å². The van der Waals surface area contributed by atoms with Gasteiger partial charge in [-0.2, -0.15) is 0 Å². The second-order valence-corrected chi connectivity index (χ2v) is 9.60. The second kappa shape index (κ2) is 10.5. The molecule has 0 aromatic heterocycles. The molecule has 1 fully saturated rings. The van der Waals surface area contributed by atoms with Gasteiger partial charge in [-0.1, -0.05) is 56.8 Å². The first-order valence-corrected chi connectivity index (χ1v) is 11.9. The third-order valence-corrected chi connectivity index (χ3v) is 6.31. The largest absolute Gasteiger partial charge is 0.384 e. The van der Waals surface area contributed by atoms with Crippen LogP contribution < -0.4 is 5.32 Å². The number of aliphatic imine (C=N–C) groups is 1. The highest BCUT2D eigenvalue weighted by Gasteiger charge is 2.27. The van der Waals surface area contributed by atoms with Crippen LogP contribution in [0.25, 0.3) is 0 Å². The van der Waals surface area contributed by atoms with Gasteiger partial charge in [0.25, 0.3) is 5.92 Å². The average molecular weight is 454 g/mol. The van der Waals surface area contributed by atoms with Crippen LogP contribution in [0.1, 0.15) is 69.2 Å². The number of nitrogens with zero attached hydrogens (tertiary/aromatic N) is 2. The van der Waals surface area contributed by atoms with Crippen LogP contribution in [0.2, 0.25) is 0 Å². The topological polar surface area (TPSA) is 27.6 Å². The van der Waals surface area contributed by atoms with E-state index in [0.29, 0.717) is 30.4 Å². The molecule has 1 heterocycles. The minimum atomic E-state index is -2.85. The molecule has 0 radical (unpaired) electrons. The maximum absolute atomic E-state index is 14.1. The summed E-state index contributed by atoms with van der Waals surface area (Å²) in [6.07, 6.45) is 2.27. The number of nitrogens with one attached hydrogen (secondary N) is 1. The summed E-state index contributed by atoms with van der Waals surface area (Å²) in [6, 6.07) is 13.6. The summed E-state index contributed by atoms with van der Waals surface area (Å²) in [5.74, 6) is -1.47. The van der Waals surface area contributed by atoms with E-state index in [2.05, 4.69) is 55.8 Å². The molecule has 33 heavy (non-hydrogen) atoms. The highest BCUT2D eigenvalue weighted by Crippen LogP contribution is 2.32. The molecule has 2 aromatic rings. The van der Waals surface area contributed by atoms with Gasteiger partial charge in [0.05, 0.1) is 5.69 Å². The van der Waals surface area contributed by atoms with Crippen molar-refractivity contribution in [1.29, 1.82) is 0 Å². The van der Waals surface area contributed by atoms with Gasteiger partial charge in [0.15, 0.2) is 0 Å². The number of likely N-dealkylation sites (tertiary alicyclic amines) is 1. The van der Waals surface area contributed by atoms with Crippen molar-refractivity contribution < 1.29 is 8.78 Å². The van der Waals surface area contributed by atoms with Gasteiger partial charge in [-0.15, -0.1) is 0 Å². The van der Waals surface area contributed by atoms with E-state index >= 15 is 0 Å². The van der Waals surface area contributed by atoms with Gasteiger partial charge in [-0.3, -0.25) is 0 Å². The Labute approximate surface area is 197 Å². The van der Waals surface area contributed by atoms with E-state index in [-0.39, 0.29) is 5.56 Å². The van der Waals surface area contributed by atoms with Gasteiger partial charge >= 0.3 is 0 Å². The number of hydrogen-bond donors (Lipinski definition) is 1. The Morgan fingerprint density at radius 3 is 2.52 bits per heavy atom. The van der Waals surface area contributed by atoms with Gasteiger partial charge in [0.2, 0.25) is 0 Å². The van der Waals surface area contributed by atoms with Gasteiger partial charge in [0, 0.05) is 37.3 Å². The Kier molecular flexibility index (Phi) is 7.93. The third kappa shape index (κ3) is 6.66. The molecule has 3 rings (SSSR count). The van der Waals surface area contributed by atoms with Crippen molar-refractivity contribution in [2.75, 3.05) is 13.1 Å². The first-order valence-electron chi connectivity index (χ1n) is 11.9. The van der Waals surface area contributed by atoms with Crippen molar-refractivity contribution in [1.82, 2.24) is 10.2 Å². The minimum Gasteiger partial charge on any atom is -0.384 e. The zero-order chi connectivity index (χ0) is 24.2. The Morgan fingerprint density at radius 1 is 1.15 bits per heavy atom. The summed E-state index contributed by atoms with van der Waals surface area (Å²) >= 11 is 0. The first-order chi connectivity index (χ1) is 15.5. The van der Waals surface area contributed by atoms with Crippen molar-refractivity contribution in [3.8, 4) is 0 Å². The van der Waals surface area contributed by atoms with Crippen LogP contribution in [-0.2, 0) is 18.8 Å². The van der Waals surface area contributed by atoms with Gasteiger partial charge in [-0.05, 0) is 61.8 Å². The van der Waals surface area contributed by atoms with E-state index in [0.717, 1.165) is 49.2 Å². The molecule has 5 heteroatoms. The van der Waals surface area contributed by atoms with Crippen molar-refractivity contribution in [2.24, 2.45) is 4.99 Å². The number of halogens is 2. The predicted octanol–water partition coefficient (Wildman–Crippen LogP) is 6.95. The van der Waals surface area contributed by atoms with Crippen LogP contribution in [-0.4, -0.2) is 29.9 Å². The lowest BCUT2D eigenvalue weighted by Gasteiger charge is -2.20. The molecule has 3 nitrogen and oxygen atoms in total. The molecule has 178 valence electrons. The lowest BCUT2D eigenvalue weighted by atomic mass is 9.94. The van der Waals surface area contributed by atoms with Crippen molar-refractivity contribution in [3.63, 3.8) is 0 Å². The number of allylic oxidation sites excluding steroid dienone is 1. The lowest BCUT2D eigenvalue weighted by molar-refractivity contribution is 0.0165. The molecule has 0 spiro atoms. The van der Waals surface area contributed by atoms with E-state index in [4.69, 9.17) is 4.99 Å². The summed E-state index contributed by atoms with van der Waals surface area (Å²) in [7, 11) is 0. The summed E-state index contributed by atoms with van der Waals surface area (Å²) in [5.41, 5.74) is 5.05. The average Bonchev–Trinajstić information content (AvgIpc) is 3.20. The fraction of sp³-hybridized carbons (Fsp3) is 0.464. The van der Waals surface area contributed by atoms with Crippen LogP contribution in [0.5, 0.6) is 0 Å². The number of benzene rings is 2. The Morgan fingerprint density at radius 2 is 1.85 bits per heavy atom. The van der Waals surface area contributed by atoms with Crippen molar-refractivity contribution in [3.05, 3.63) is 77.0 Å². The van der Waals surface area contributed by atoms with Gasteiger partial charge in [0.1, 0.15) is 5.84 Å². The molecule has 0 saturated carbocycles. The fourth-order valence-corrected chi connectivity index (χ4v) is 4.46. The zero-order valence-electron chi connectivity index (χ0n) is 20.6. The van der Waals surface area contributed by atoms with E-state index < -0.39 is 5.92 Å². The highest BCUT2D eigenvalue weighted by molar-refractivity contribution is 5.83. The maximum Gasteiger partial charge on any atom is 0.270 e. The van der Waals surface area contributed by atoms with Crippen molar-refractivity contribution in [2.45, 2.75) is 71.8 Å². The molecule has 0 bridgehead atoms. The molecule has 1 aliphatic heterocycles. The smallest absolute Gasteiger partial charge is 0.270 e. The molecule has 1 atom stereocenters. The normalized spacial score (nSPS) is 17.0. The third-order valence-electron chi connectivity index (χ3n) is 6.31. The first kappa shape index (κ1) is 24.9. The molecule has 1 N–H and O–H groups in total. The fourth-order valence-electron chi connectivity index (χ4n) is 4.46. The molecule has 1 saturated heterocycles. The summed E-state index contributed by atoms with van der Waals surface area (Å²) in [4.78, 5) is 7.33.